The molecular formula is C11H12F2O3. The number of halogens is 2. The van der Waals surface area contributed by atoms with Gasteiger partial charge in [0.15, 0.2) is 18.2 Å². The predicted molar refractivity (Wildman–Crippen MR) is 53.1 cm³/mol. The van der Waals surface area contributed by atoms with E-state index in [0.29, 0.717) is 6.07 Å². The fourth-order valence-corrected chi connectivity index (χ4v) is 1.03. The highest BCUT2D eigenvalue weighted by Crippen LogP contribution is 2.17. The molecule has 0 saturated heterocycles. The summed E-state index contributed by atoms with van der Waals surface area (Å²) < 4.78 is 35.2. The van der Waals surface area contributed by atoms with Crippen LogP contribution in [0, 0.1) is 11.6 Å². The minimum Gasteiger partial charge on any atom is -0.479 e. The van der Waals surface area contributed by atoms with Crippen molar-refractivity contribution >= 4 is 5.97 Å². The van der Waals surface area contributed by atoms with Crippen molar-refractivity contribution in [1.82, 2.24) is 0 Å². The van der Waals surface area contributed by atoms with Gasteiger partial charge >= 0.3 is 5.97 Å². The number of ether oxygens (including phenoxy) is 2. The zero-order chi connectivity index (χ0) is 12.1. The van der Waals surface area contributed by atoms with Crippen molar-refractivity contribution in [2.45, 2.75) is 20.0 Å². The number of carbonyl (C=O) groups excluding carboxylic acids is 1. The number of carbonyl (C=O) groups is 1. The van der Waals surface area contributed by atoms with Crippen molar-refractivity contribution in [2.75, 3.05) is 6.61 Å². The second-order valence-electron chi connectivity index (χ2n) is 3.40. The molecule has 0 bridgehead atoms. The molecule has 0 aliphatic heterocycles. The Balaban J connectivity index is 2.51. The lowest BCUT2D eigenvalue weighted by Gasteiger charge is -2.09. The maximum absolute atomic E-state index is 13.0. The highest BCUT2D eigenvalue weighted by Gasteiger charge is 2.09. The van der Waals surface area contributed by atoms with E-state index in [-0.39, 0.29) is 11.9 Å². The SMILES string of the molecule is CC(C)OC(=O)COc1ccc(F)cc1F. The summed E-state index contributed by atoms with van der Waals surface area (Å²) >= 11 is 0. The van der Waals surface area contributed by atoms with E-state index in [9.17, 15) is 13.6 Å². The molecule has 0 aliphatic rings. The molecule has 88 valence electrons. The summed E-state index contributed by atoms with van der Waals surface area (Å²) in [4.78, 5) is 11.1. The van der Waals surface area contributed by atoms with Gasteiger partial charge in [-0.15, -0.1) is 0 Å². The Morgan fingerprint density at radius 2 is 2.06 bits per heavy atom. The molecule has 1 aromatic rings. The van der Waals surface area contributed by atoms with Gasteiger partial charge in [-0.05, 0) is 26.0 Å². The summed E-state index contributed by atoms with van der Waals surface area (Å²) in [6, 6.07) is 2.85. The molecule has 0 heterocycles. The van der Waals surface area contributed by atoms with Crippen LogP contribution in [0.15, 0.2) is 18.2 Å². The highest BCUT2D eigenvalue weighted by molar-refractivity contribution is 5.71. The minimum absolute atomic E-state index is 0.179. The molecule has 0 spiro atoms. The number of hydrogen-bond acceptors (Lipinski definition) is 3. The molecule has 0 amide bonds. The third kappa shape index (κ3) is 3.84. The molecule has 0 N–H and O–H groups in total. The zero-order valence-electron chi connectivity index (χ0n) is 9.00. The molecule has 1 rings (SSSR count). The lowest BCUT2D eigenvalue weighted by molar-refractivity contribution is -0.149. The highest BCUT2D eigenvalue weighted by atomic mass is 19.1. The average Bonchev–Trinajstić information content (AvgIpc) is 2.15. The molecule has 0 radical (unpaired) electrons. The van der Waals surface area contributed by atoms with Crippen molar-refractivity contribution in [3.63, 3.8) is 0 Å². The van der Waals surface area contributed by atoms with Gasteiger partial charge in [0.2, 0.25) is 0 Å². The molecule has 16 heavy (non-hydrogen) atoms. The Hall–Kier alpha value is -1.65. The minimum atomic E-state index is -0.850. The second kappa shape index (κ2) is 5.44. The second-order valence-corrected chi connectivity index (χ2v) is 3.40. The number of benzene rings is 1. The summed E-state index contributed by atoms with van der Waals surface area (Å²) in [7, 11) is 0. The Bertz CT molecular complexity index is 377. The smallest absolute Gasteiger partial charge is 0.344 e. The monoisotopic (exact) mass is 230 g/mol. The molecule has 0 aliphatic carbocycles. The van der Waals surface area contributed by atoms with E-state index in [4.69, 9.17) is 9.47 Å². The third-order valence-corrected chi connectivity index (χ3v) is 1.61. The van der Waals surface area contributed by atoms with Crippen molar-refractivity contribution in [3.8, 4) is 5.75 Å². The van der Waals surface area contributed by atoms with Gasteiger partial charge in [0.05, 0.1) is 6.10 Å². The van der Waals surface area contributed by atoms with Crippen molar-refractivity contribution in [3.05, 3.63) is 29.8 Å². The first kappa shape index (κ1) is 12.4. The molecule has 0 unspecified atom stereocenters. The van der Waals surface area contributed by atoms with Gasteiger partial charge in [0.25, 0.3) is 0 Å². The fourth-order valence-electron chi connectivity index (χ4n) is 1.03. The van der Waals surface area contributed by atoms with E-state index in [1.54, 1.807) is 13.8 Å². The maximum atomic E-state index is 13.0. The Morgan fingerprint density at radius 1 is 1.38 bits per heavy atom. The van der Waals surface area contributed by atoms with Crippen LogP contribution < -0.4 is 4.74 Å². The first-order valence-corrected chi connectivity index (χ1v) is 4.76. The third-order valence-electron chi connectivity index (χ3n) is 1.61. The summed E-state index contributed by atoms with van der Waals surface area (Å²) in [5.74, 6) is -2.33. The van der Waals surface area contributed by atoms with E-state index >= 15 is 0 Å². The zero-order valence-corrected chi connectivity index (χ0v) is 9.00. The molecule has 0 atom stereocenters. The lowest BCUT2D eigenvalue weighted by Crippen LogP contribution is -2.19. The molecule has 1 aromatic carbocycles. The number of hydrogen-bond donors (Lipinski definition) is 0. The maximum Gasteiger partial charge on any atom is 0.344 e. The summed E-state index contributed by atoms with van der Waals surface area (Å²) in [5, 5.41) is 0. The standard InChI is InChI=1S/C11H12F2O3/c1-7(2)16-11(14)6-15-10-4-3-8(12)5-9(10)13/h3-5,7H,6H2,1-2H3. The topological polar surface area (TPSA) is 35.5 Å². The Morgan fingerprint density at radius 3 is 2.62 bits per heavy atom. The van der Waals surface area contributed by atoms with Crippen molar-refractivity contribution < 1.29 is 23.0 Å². The van der Waals surface area contributed by atoms with Crippen LogP contribution in [0.5, 0.6) is 5.75 Å². The lowest BCUT2D eigenvalue weighted by atomic mass is 10.3. The van der Waals surface area contributed by atoms with E-state index < -0.39 is 24.2 Å². The van der Waals surface area contributed by atoms with E-state index in [0.717, 1.165) is 12.1 Å². The molecule has 0 saturated carbocycles. The van der Waals surface area contributed by atoms with E-state index in [2.05, 4.69) is 0 Å². The quantitative estimate of drug-likeness (QED) is 0.744. The largest absolute Gasteiger partial charge is 0.479 e. The summed E-state index contributed by atoms with van der Waals surface area (Å²) in [6.45, 7) is 2.98. The normalized spacial score (nSPS) is 10.3. The number of rotatable bonds is 4. The van der Waals surface area contributed by atoms with Gasteiger partial charge < -0.3 is 9.47 Å². The first-order chi connectivity index (χ1) is 7.49. The Kier molecular flexibility index (Phi) is 4.22. The van der Waals surface area contributed by atoms with E-state index in [1.807, 2.05) is 0 Å². The molecule has 0 aromatic heterocycles. The van der Waals surface area contributed by atoms with Gasteiger partial charge in [0.1, 0.15) is 5.82 Å². The van der Waals surface area contributed by atoms with Gasteiger partial charge in [-0.25, -0.2) is 13.6 Å². The average molecular weight is 230 g/mol. The van der Waals surface area contributed by atoms with Gasteiger partial charge in [0, 0.05) is 6.07 Å². The van der Waals surface area contributed by atoms with Crippen LogP contribution in [0.4, 0.5) is 8.78 Å². The first-order valence-electron chi connectivity index (χ1n) is 4.76. The summed E-state index contributed by atoms with van der Waals surface area (Å²) in [6.07, 6.45) is -0.255. The van der Waals surface area contributed by atoms with Gasteiger partial charge in [-0.2, -0.15) is 0 Å². The van der Waals surface area contributed by atoms with Crippen LogP contribution in [0.3, 0.4) is 0 Å². The van der Waals surface area contributed by atoms with Crippen LogP contribution in [0.2, 0.25) is 0 Å². The molecule has 3 nitrogen and oxygen atoms in total. The number of esters is 1. The fraction of sp³-hybridized carbons (Fsp3) is 0.364. The molecule has 0 fully saturated rings. The van der Waals surface area contributed by atoms with Gasteiger partial charge in [-0.3, -0.25) is 0 Å². The van der Waals surface area contributed by atoms with Crippen LogP contribution in [0.25, 0.3) is 0 Å². The van der Waals surface area contributed by atoms with Crippen LogP contribution >= 0.6 is 0 Å². The van der Waals surface area contributed by atoms with Crippen molar-refractivity contribution in [1.29, 1.82) is 0 Å². The van der Waals surface area contributed by atoms with Crippen LogP contribution in [-0.2, 0) is 9.53 Å². The summed E-state index contributed by atoms with van der Waals surface area (Å²) in [5.41, 5.74) is 0. The Labute approximate surface area is 92.0 Å². The van der Waals surface area contributed by atoms with Crippen LogP contribution in [0.1, 0.15) is 13.8 Å². The van der Waals surface area contributed by atoms with E-state index in [1.165, 1.54) is 0 Å². The van der Waals surface area contributed by atoms with Gasteiger partial charge in [-0.1, -0.05) is 0 Å². The molecular weight excluding hydrogens is 218 g/mol. The molecule has 5 heteroatoms. The predicted octanol–water partition coefficient (Wildman–Crippen LogP) is 2.30. The van der Waals surface area contributed by atoms with Crippen LogP contribution in [-0.4, -0.2) is 18.7 Å². The van der Waals surface area contributed by atoms with Crippen molar-refractivity contribution in [2.24, 2.45) is 0 Å².